The van der Waals surface area contributed by atoms with Crippen molar-refractivity contribution in [2.45, 2.75) is 26.4 Å². The third-order valence-corrected chi connectivity index (χ3v) is 5.10. The number of imide groups is 1. The first-order valence-corrected chi connectivity index (χ1v) is 9.56. The van der Waals surface area contributed by atoms with Gasteiger partial charge < -0.3 is 14.4 Å². The molecule has 6 nitrogen and oxygen atoms in total. The van der Waals surface area contributed by atoms with E-state index in [4.69, 9.17) is 9.47 Å². The molecule has 0 atom stereocenters. The van der Waals surface area contributed by atoms with E-state index in [2.05, 4.69) is 0 Å². The summed E-state index contributed by atoms with van der Waals surface area (Å²) in [5, 5.41) is 1.93. The summed E-state index contributed by atoms with van der Waals surface area (Å²) in [5.41, 5.74) is 1.06. The van der Waals surface area contributed by atoms with Crippen LogP contribution in [0.1, 0.15) is 25.1 Å². The monoisotopic (exact) mass is 364 g/mol. The summed E-state index contributed by atoms with van der Waals surface area (Å²) in [6.45, 7) is 7.28. The number of hydrogen-bond acceptors (Lipinski definition) is 6. The van der Waals surface area contributed by atoms with Crippen LogP contribution in [0.5, 0.6) is 0 Å². The van der Waals surface area contributed by atoms with E-state index in [0.29, 0.717) is 57.1 Å². The van der Waals surface area contributed by atoms with Gasteiger partial charge in [-0.2, -0.15) is 0 Å². The van der Waals surface area contributed by atoms with Gasteiger partial charge in [-0.1, -0.05) is 6.07 Å². The van der Waals surface area contributed by atoms with Crippen LogP contribution >= 0.6 is 11.3 Å². The zero-order valence-electron chi connectivity index (χ0n) is 14.7. The van der Waals surface area contributed by atoms with Gasteiger partial charge in [-0.05, 0) is 31.7 Å². The van der Waals surface area contributed by atoms with E-state index in [1.54, 1.807) is 0 Å². The van der Waals surface area contributed by atoms with Gasteiger partial charge in [-0.25, -0.2) is 0 Å². The second-order valence-electron chi connectivity index (χ2n) is 6.34. The van der Waals surface area contributed by atoms with Gasteiger partial charge in [-0.3, -0.25) is 14.5 Å². The predicted octanol–water partition coefficient (Wildman–Crippen LogP) is 1.98. The summed E-state index contributed by atoms with van der Waals surface area (Å²) in [6, 6.07) is 3.80. The number of hydrogen-bond donors (Lipinski definition) is 0. The number of carbonyl (C=O) groups is 2. The maximum absolute atomic E-state index is 13.0. The fourth-order valence-corrected chi connectivity index (χ4v) is 3.79. The van der Waals surface area contributed by atoms with Crippen molar-refractivity contribution >= 4 is 28.7 Å². The molecule has 0 radical (unpaired) electrons. The Morgan fingerprint density at radius 1 is 1.24 bits per heavy atom. The Morgan fingerprint density at radius 2 is 2.00 bits per heavy atom. The second kappa shape index (κ2) is 8.12. The van der Waals surface area contributed by atoms with E-state index < -0.39 is 0 Å². The second-order valence-corrected chi connectivity index (χ2v) is 7.28. The van der Waals surface area contributed by atoms with Crippen molar-refractivity contribution in [3.05, 3.63) is 28.1 Å². The van der Waals surface area contributed by atoms with Gasteiger partial charge in [0.05, 0.1) is 24.9 Å². The minimum atomic E-state index is -0.196. The fraction of sp³-hybridized carbons (Fsp3) is 0.556. The van der Waals surface area contributed by atoms with Crippen LogP contribution in [0.25, 0.3) is 5.57 Å². The first-order valence-electron chi connectivity index (χ1n) is 8.68. The predicted molar refractivity (Wildman–Crippen MR) is 96.1 cm³/mol. The van der Waals surface area contributed by atoms with Crippen LogP contribution in [0.3, 0.4) is 0 Å². The van der Waals surface area contributed by atoms with Crippen LogP contribution in [0.2, 0.25) is 0 Å². The summed E-state index contributed by atoms with van der Waals surface area (Å²) in [5.74, 6) is -0.390. The van der Waals surface area contributed by atoms with Crippen molar-refractivity contribution in [3.8, 4) is 0 Å². The van der Waals surface area contributed by atoms with Crippen LogP contribution in [-0.4, -0.2) is 67.2 Å². The summed E-state index contributed by atoms with van der Waals surface area (Å²) < 4.78 is 10.9. The van der Waals surface area contributed by atoms with Crippen molar-refractivity contribution in [2.75, 3.05) is 39.5 Å². The van der Waals surface area contributed by atoms with E-state index in [-0.39, 0.29) is 17.9 Å². The Labute approximate surface area is 152 Å². The van der Waals surface area contributed by atoms with Crippen LogP contribution in [0.15, 0.2) is 23.2 Å². The van der Waals surface area contributed by atoms with Gasteiger partial charge in [-0.15, -0.1) is 11.3 Å². The Hall–Kier alpha value is -1.70. The molecule has 0 aliphatic carbocycles. The van der Waals surface area contributed by atoms with Crippen molar-refractivity contribution in [2.24, 2.45) is 0 Å². The van der Waals surface area contributed by atoms with Gasteiger partial charge >= 0.3 is 0 Å². The highest BCUT2D eigenvalue weighted by Gasteiger charge is 2.41. The summed E-state index contributed by atoms with van der Waals surface area (Å²) in [7, 11) is 0. The van der Waals surface area contributed by atoms with Crippen LogP contribution in [-0.2, 0) is 19.1 Å². The molecule has 1 saturated heterocycles. The molecule has 1 fully saturated rings. The van der Waals surface area contributed by atoms with Gasteiger partial charge in [0.15, 0.2) is 0 Å². The first kappa shape index (κ1) is 18.1. The molecule has 2 aliphatic rings. The lowest BCUT2D eigenvalue weighted by molar-refractivity contribution is -0.138. The lowest BCUT2D eigenvalue weighted by atomic mass is 10.1. The molecule has 136 valence electrons. The van der Waals surface area contributed by atoms with E-state index in [9.17, 15) is 9.59 Å². The van der Waals surface area contributed by atoms with Crippen LogP contribution in [0, 0.1) is 0 Å². The number of morpholine rings is 1. The van der Waals surface area contributed by atoms with Crippen molar-refractivity contribution in [1.82, 2.24) is 9.80 Å². The molecule has 0 spiro atoms. The number of carbonyl (C=O) groups excluding carboxylic acids is 2. The highest BCUT2D eigenvalue weighted by atomic mass is 32.1. The van der Waals surface area contributed by atoms with E-state index in [0.717, 1.165) is 4.88 Å². The molecule has 0 aromatic carbocycles. The maximum Gasteiger partial charge on any atom is 0.277 e. The van der Waals surface area contributed by atoms with Crippen LogP contribution in [0.4, 0.5) is 0 Å². The average molecular weight is 364 g/mol. The maximum atomic E-state index is 13.0. The molecule has 3 heterocycles. The SMILES string of the molecule is CC(C)OCCCN1C(=O)C(c2cccs2)=C(N2CCOCC2)C1=O. The summed E-state index contributed by atoms with van der Waals surface area (Å²) in [6.07, 6.45) is 0.790. The molecule has 2 amide bonds. The standard InChI is InChI=1S/C18H24N2O4S/c1-13(2)24-9-4-6-20-17(21)15(14-5-3-12-25-14)16(18(20)22)19-7-10-23-11-8-19/h3,5,12-13H,4,6-11H2,1-2H3. The Bertz CT molecular complexity index is 648. The third kappa shape index (κ3) is 3.94. The largest absolute Gasteiger partial charge is 0.379 e. The number of nitrogens with zero attached hydrogens (tertiary/aromatic N) is 2. The topological polar surface area (TPSA) is 59.1 Å². The Balaban J connectivity index is 1.80. The molecule has 1 aromatic heterocycles. The van der Waals surface area contributed by atoms with E-state index >= 15 is 0 Å². The molecule has 0 unspecified atom stereocenters. The number of ether oxygens (including phenoxy) is 2. The molecule has 0 saturated carbocycles. The summed E-state index contributed by atoms with van der Waals surface area (Å²) >= 11 is 1.49. The highest BCUT2D eigenvalue weighted by Crippen LogP contribution is 2.34. The number of amides is 2. The smallest absolute Gasteiger partial charge is 0.277 e. The Morgan fingerprint density at radius 3 is 2.64 bits per heavy atom. The molecular formula is C18H24N2O4S. The number of thiophene rings is 1. The fourth-order valence-electron chi connectivity index (χ4n) is 3.03. The molecule has 0 bridgehead atoms. The molecule has 25 heavy (non-hydrogen) atoms. The molecular weight excluding hydrogens is 340 g/mol. The molecule has 1 aromatic rings. The number of rotatable bonds is 7. The summed E-state index contributed by atoms with van der Waals surface area (Å²) in [4.78, 5) is 30.1. The van der Waals surface area contributed by atoms with Crippen molar-refractivity contribution in [1.29, 1.82) is 0 Å². The van der Waals surface area contributed by atoms with Gasteiger partial charge in [0, 0.05) is 31.1 Å². The minimum Gasteiger partial charge on any atom is -0.379 e. The third-order valence-electron chi connectivity index (χ3n) is 4.22. The molecule has 7 heteroatoms. The van der Waals surface area contributed by atoms with Gasteiger partial charge in [0.2, 0.25) is 0 Å². The van der Waals surface area contributed by atoms with Gasteiger partial charge in [0.1, 0.15) is 5.70 Å². The first-order chi connectivity index (χ1) is 12.1. The molecule has 2 aliphatic heterocycles. The highest BCUT2D eigenvalue weighted by molar-refractivity contribution is 7.11. The van der Waals surface area contributed by atoms with E-state index in [1.165, 1.54) is 16.2 Å². The normalized spacial score (nSPS) is 18.8. The van der Waals surface area contributed by atoms with Crippen LogP contribution < -0.4 is 0 Å². The Kier molecular flexibility index (Phi) is 5.88. The lowest BCUT2D eigenvalue weighted by Gasteiger charge is -2.29. The quantitative estimate of drug-likeness (QED) is 0.547. The van der Waals surface area contributed by atoms with Gasteiger partial charge in [0.25, 0.3) is 11.8 Å². The zero-order chi connectivity index (χ0) is 17.8. The molecule has 3 rings (SSSR count). The molecule has 0 N–H and O–H groups in total. The van der Waals surface area contributed by atoms with E-state index in [1.807, 2.05) is 36.3 Å². The minimum absolute atomic E-state index is 0.147. The lowest BCUT2D eigenvalue weighted by Crippen LogP contribution is -2.40. The zero-order valence-corrected chi connectivity index (χ0v) is 15.5. The van der Waals surface area contributed by atoms with Crippen molar-refractivity contribution in [3.63, 3.8) is 0 Å². The average Bonchev–Trinajstić information content (AvgIpc) is 3.20. The van der Waals surface area contributed by atoms with Crippen molar-refractivity contribution < 1.29 is 19.1 Å².